The van der Waals surface area contributed by atoms with Crippen LogP contribution >= 0.6 is 11.6 Å². The van der Waals surface area contributed by atoms with Gasteiger partial charge in [-0.05, 0) is 35.7 Å². The third-order valence-corrected chi connectivity index (χ3v) is 6.76. The number of anilines is 1. The number of amides is 2. The van der Waals surface area contributed by atoms with Gasteiger partial charge in [0.15, 0.2) is 11.6 Å². The number of ether oxygens (including phenoxy) is 1. The van der Waals surface area contributed by atoms with Crippen molar-refractivity contribution in [3.05, 3.63) is 74.4 Å². The van der Waals surface area contributed by atoms with E-state index in [2.05, 4.69) is 10.3 Å². The molecule has 35 heavy (non-hydrogen) atoms. The van der Waals surface area contributed by atoms with Gasteiger partial charge in [0.2, 0.25) is 0 Å². The molecule has 0 bridgehead atoms. The highest BCUT2D eigenvalue weighted by Crippen LogP contribution is 2.34. The Balaban J connectivity index is 1.81. The SMILES string of the molecule is CS(=O)(=O)CCN(C(=O)Nc1ccc(F)c(Cl)c1)C1COCc2[nH]c(=O)c3cc(F)c(F)cc3c21. The molecule has 0 spiro atoms. The lowest BCUT2D eigenvalue weighted by Crippen LogP contribution is -2.44. The normalized spacial score (nSPS) is 15.6. The fourth-order valence-electron chi connectivity index (χ4n) is 3.92. The summed E-state index contributed by atoms with van der Waals surface area (Å²) in [4.78, 5) is 29.5. The van der Waals surface area contributed by atoms with Crippen LogP contribution < -0.4 is 10.9 Å². The molecule has 0 saturated carbocycles. The van der Waals surface area contributed by atoms with Crippen molar-refractivity contribution in [3.63, 3.8) is 0 Å². The molecule has 2 amide bonds. The highest BCUT2D eigenvalue weighted by atomic mass is 35.5. The number of pyridine rings is 1. The van der Waals surface area contributed by atoms with E-state index in [9.17, 15) is 31.2 Å². The number of nitrogens with zero attached hydrogens (tertiary/aromatic N) is 1. The van der Waals surface area contributed by atoms with Crippen LogP contribution in [0, 0.1) is 17.5 Å². The maximum atomic E-state index is 14.2. The summed E-state index contributed by atoms with van der Waals surface area (Å²) in [6, 6.07) is 3.37. The third-order valence-electron chi connectivity index (χ3n) is 5.55. The molecule has 186 valence electrons. The van der Waals surface area contributed by atoms with Crippen LogP contribution in [0.3, 0.4) is 0 Å². The van der Waals surface area contributed by atoms with Crippen LogP contribution in [0.15, 0.2) is 35.1 Å². The van der Waals surface area contributed by atoms with Crippen LogP contribution in [0.2, 0.25) is 5.02 Å². The summed E-state index contributed by atoms with van der Waals surface area (Å²) in [6.07, 6.45) is 0.999. The van der Waals surface area contributed by atoms with Gasteiger partial charge in [-0.25, -0.2) is 26.4 Å². The predicted octanol–water partition coefficient (Wildman–Crippen LogP) is 3.75. The fraction of sp³-hybridized carbons (Fsp3) is 0.273. The second-order valence-corrected chi connectivity index (χ2v) is 10.7. The fourth-order valence-corrected chi connectivity index (χ4v) is 4.63. The largest absolute Gasteiger partial charge is 0.373 e. The Hall–Kier alpha value is -3.09. The van der Waals surface area contributed by atoms with Gasteiger partial charge in [-0.3, -0.25) is 4.79 Å². The average Bonchev–Trinajstić information content (AvgIpc) is 2.77. The molecule has 1 aromatic heterocycles. The van der Waals surface area contributed by atoms with Gasteiger partial charge in [-0.2, -0.15) is 0 Å². The van der Waals surface area contributed by atoms with E-state index in [1.165, 1.54) is 12.1 Å². The Bertz CT molecular complexity index is 1500. The molecule has 2 heterocycles. The van der Waals surface area contributed by atoms with Crippen molar-refractivity contribution in [2.75, 3.05) is 30.5 Å². The Kier molecular flexibility index (Phi) is 6.80. The van der Waals surface area contributed by atoms with Crippen LogP contribution in [0.25, 0.3) is 10.8 Å². The topological polar surface area (TPSA) is 109 Å². The molecular formula is C22H19ClF3N3O5S. The predicted molar refractivity (Wildman–Crippen MR) is 124 cm³/mol. The van der Waals surface area contributed by atoms with Crippen molar-refractivity contribution < 1.29 is 31.1 Å². The first-order valence-electron chi connectivity index (χ1n) is 10.3. The van der Waals surface area contributed by atoms with Gasteiger partial charge in [-0.1, -0.05) is 11.6 Å². The minimum atomic E-state index is -3.52. The Morgan fingerprint density at radius 3 is 2.51 bits per heavy atom. The van der Waals surface area contributed by atoms with Gasteiger partial charge in [-0.15, -0.1) is 0 Å². The van der Waals surface area contributed by atoms with Crippen LogP contribution in [0.5, 0.6) is 0 Å². The summed E-state index contributed by atoms with van der Waals surface area (Å²) in [6.45, 7) is -0.475. The molecule has 1 aliphatic heterocycles. The highest BCUT2D eigenvalue weighted by Gasteiger charge is 2.33. The highest BCUT2D eigenvalue weighted by molar-refractivity contribution is 7.90. The van der Waals surface area contributed by atoms with Crippen LogP contribution in [0.1, 0.15) is 17.3 Å². The number of nitrogens with one attached hydrogen (secondary N) is 2. The first-order valence-corrected chi connectivity index (χ1v) is 12.7. The third kappa shape index (κ3) is 5.29. The summed E-state index contributed by atoms with van der Waals surface area (Å²) in [5, 5.41) is 2.23. The molecule has 0 fully saturated rings. The van der Waals surface area contributed by atoms with Crippen molar-refractivity contribution in [1.29, 1.82) is 0 Å². The quantitative estimate of drug-likeness (QED) is 0.523. The number of urea groups is 1. The van der Waals surface area contributed by atoms with Gasteiger partial charge in [0.1, 0.15) is 15.7 Å². The van der Waals surface area contributed by atoms with Crippen LogP contribution in [-0.4, -0.2) is 49.5 Å². The second-order valence-electron chi connectivity index (χ2n) is 8.07. The molecule has 3 aromatic rings. The van der Waals surface area contributed by atoms with E-state index in [0.29, 0.717) is 5.56 Å². The molecule has 0 aliphatic carbocycles. The number of sulfone groups is 1. The Morgan fingerprint density at radius 1 is 1.17 bits per heavy atom. The smallest absolute Gasteiger partial charge is 0.322 e. The number of aromatic amines is 1. The molecule has 2 aromatic carbocycles. The van der Waals surface area contributed by atoms with Crippen molar-refractivity contribution in [1.82, 2.24) is 9.88 Å². The van der Waals surface area contributed by atoms with Gasteiger partial charge in [0.25, 0.3) is 5.56 Å². The van der Waals surface area contributed by atoms with Gasteiger partial charge in [0.05, 0.1) is 35.4 Å². The Morgan fingerprint density at radius 2 is 1.86 bits per heavy atom. The monoisotopic (exact) mass is 529 g/mol. The second kappa shape index (κ2) is 9.51. The summed E-state index contributed by atoms with van der Waals surface area (Å²) in [5.41, 5.74) is 0.00872. The molecular weight excluding hydrogens is 511 g/mol. The van der Waals surface area contributed by atoms with E-state index in [1.807, 2.05) is 0 Å². The minimum Gasteiger partial charge on any atom is -0.373 e. The van der Waals surface area contributed by atoms with E-state index in [1.54, 1.807) is 0 Å². The molecule has 0 radical (unpaired) electrons. The summed E-state index contributed by atoms with van der Waals surface area (Å²) in [7, 11) is -3.52. The number of H-pyrrole nitrogens is 1. The van der Waals surface area contributed by atoms with Crippen molar-refractivity contribution in [2.24, 2.45) is 0 Å². The summed E-state index contributed by atoms with van der Waals surface area (Å²) < 4.78 is 70.8. The molecule has 1 aliphatic rings. The van der Waals surface area contributed by atoms with Crippen molar-refractivity contribution in [2.45, 2.75) is 12.6 Å². The molecule has 0 saturated heterocycles. The Labute approximate surface area is 202 Å². The molecule has 1 atom stereocenters. The lowest BCUT2D eigenvalue weighted by molar-refractivity contribution is 0.0473. The van der Waals surface area contributed by atoms with E-state index >= 15 is 0 Å². The zero-order chi connectivity index (χ0) is 25.5. The first kappa shape index (κ1) is 25.0. The number of aromatic nitrogens is 1. The number of fused-ring (bicyclic) bond motifs is 3. The zero-order valence-corrected chi connectivity index (χ0v) is 19.8. The molecule has 2 N–H and O–H groups in total. The van der Waals surface area contributed by atoms with E-state index in [-0.39, 0.29) is 46.9 Å². The first-order chi connectivity index (χ1) is 16.4. The number of hydrogen-bond acceptors (Lipinski definition) is 5. The number of benzene rings is 2. The van der Waals surface area contributed by atoms with E-state index in [0.717, 1.165) is 29.4 Å². The number of carbonyl (C=O) groups is 1. The van der Waals surface area contributed by atoms with E-state index < -0.39 is 50.7 Å². The van der Waals surface area contributed by atoms with E-state index in [4.69, 9.17) is 16.3 Å². The lowest BCUT2D eigenvalue weighted by Gasteiger charge is -2.36. The lowest BCUT2D eigenvalue weighted by atomic mass is 9.95. The average molecular weight is 530 g/mol. The number of carbonyl (C=O) groups excluding carboxylic acids is 1. The van der Waals surface area contributed by atoms with Gasteiger partial charge >= 0.3 is 6.03 Å². The van der Waals surface area contributed by atoms with Crippen LogP contribution in [-0.2, 0) is 21.2 Å². The molecule has 4 rings (SSSR count). The van der Waals surface area contributed by atoms with Crippen molar-refractivity contribution >= 4 is 43.9 Å². The van der Waals surface area contributed by atoms with Crippen LogP contribution in [0.4, 0.5) is 23.7 Å². The summed E-state index contributed by atoms with van der Waals surface area (Å²) >= 11 is 5.78. The molecule has 1 unspecified atom stereocenters. The maximum absolute atomic E-state index is 14.2. The molecule has 13 heteroatoms. The number of halogens is 4. The molecule has 8 nitrogen and oxygen atoms in total. The number of hydrogen-bond donors (Lipinski definition) is 2. The van der Waals surface area contributed by atoms with Crippen molar-refractivity contribution in [3.8, 4) is 0 Å². The summed E-state index contributed by atoms with van der Waals surface area (Å²) in [5.74, 6) is -3.52. The van der Waals surface area contributed by atoms with Gasteiger partial charge < -0.3 is 19.9 Å². The number of rotatable bonds is 5. The standard InChI is InChI=1S/C22H19ClF3N3O5S/c1-35(32,33)5-4-29(22(31)27-11-2-3-15(24)14(23)6-11)19-10-34-9-18-20(19)12-7-16(25)17(26)8-13(12)21(30)28-18/h2-3,6-8,19H,4-5,9-10H2,1H3,(H,27,31)(H,28,30). The van der Waals surface area contributed by atoms with Gasteiger partial charge in [0, 0.05) is 29.7 Å². The minimum absolute atomic E-state index is 0.0644. The zero-order valence-electron chi connectivity index (χ0n) is 18.2. The maximum Gasteiger partial charge on any atom is 0.322 e.